The van der Waals surface area contributed by atoms with Crippen LogP contribution in [0.5, 0.6) is 0 Å². The van der Waals surface area contributed by atoms with Crippen molar-refractivity contribution < 1.29 is 38.3 Å². The van der Waals surface area contributed by atoms with Gasteiger partial charge in [0.1, 0.15) is 12.2 Å². The van der Waals surface area contributed by atoms with Crippen LogP contribution in [-0.4, -0.2) is 60.0 Å². The maximum atomic E-state index is 12.0. The summed E-state index contributed by atoms with van der Waals surface area (Å²) in [7, 11) is -4.12. The second-order valence-corrected chi connectivity index (χ2v) is 13.0. The Bertz CT molecular complexity index is 749. The number of unbranched alkanes of at least 4 members (excludes halogenated alkanes) is 15. The highest BCUT2D eigenvalue weighted by Crippen LogP contribution is 2.44. The summed E-state index contributed by atoms with van der Waals surface area (Å²) in [6.45, 7) is 4.85. The van der Waals surface area contributed by atoms with Crippen molar-refractivity contribution in [2.45, 2.75) is 135 Å². The number of alkyl carbamates (subject to hydrolysis) is 1. The zero-order chi connectivity index (χ0) is 29.9. The molecule has 4 N–H and O–H groups in total. The second-order valence-electron chi connectivity index (χ2n) is 10.8. The van der Waals surface area contributed by atoms with E-state index < -0.39 is 19.5 Å². The van der Waals surface area contributed by atoms with Gasteiger partial charge in [0.2, 0.25) is 0 Å². The average molecular weight is 639 g/mol. The highest BCUT2D eigenvalue weighted by atomic mass is 32.1. The Morgan fingerprint density at radius 2 is 1.50 bits per heavy atom. The summed E-state index contributed by atoms with van der Waals surface area (Å²) >= 11 is 1.60. The van der Waals surface area contributed by atoms with Crippen molar-refractivity contribution in [2.75, 3.05) is 33.0 Å². The topological polar surface area (TPSA) is 148 Å². The van der Waals surface area contributed by atoms with E-state index in [0.29, 0.717) is 19.6 Å². The Morgan fingerprint density at radius 3 is 1.93 bits per heavy atom. The maximum absolute atomic E-state index is 12.0. The molecule has 0 radical (unpaired) electrons. The van der Waals surface area contributed by atoms with Gasteiger partial charge in [0.25, 0.3) is 0 Å². The lowest BCUT2D eigenvalue weighted by atomic mass is 10.0. The van der Waals surface area contributed by atoms with Crippen molar-refractivity contribution in [3.63, 3.8) is 0 Å². The smallest absolute Gasteiger partial charge is 0.446 e. The molecule has 248 valence electrons. The van der Waals surface area contributed by atoms with Gasteiger partial charge in [-0.3, -0.25) is 14.0 Å². The number of thiazole rings is 1. The lowest BCUT2D eigenvalue weighted by Gasteiger charge is -2.28. The molecule has 0 saturated carbocycles. The number of ether oxygens (including phenoxy) is 2. The van der Waals surface area contributed by atoms with Gasteiger partial charge in [-0.15, -0.1) is 11.3 Å². The highest BCUT2D eigenvalue weighted by Gasteiger charge is 2.39. The van der Waals surface area contributed by atoms with Gasteiger partial charge in [-0.1, -0.05) is 103 Å². The van der Waals surface area contributed by atoms with Crippen LogP contribution < -0.4 is 5.32 Å². The average Bonchev–Trinajstić information content (AvgIpc) is 3.69. The first-order chi connectivity index (χ1) is 19.9. The Morgan fingerprint density at radius 1 is 0.929 bits per heavy atom. The van der Waals surface area contributed by atoms with Gasteiger partial charge in [-0.2, -0.15) is 0 Å². The fourth-order valence-electron chi connectivity index (χ4n) is 4.71. The van der Waals surface area contributed by atoms with E-state index >= 15 is 0 Å². The summed E-state index contributed by atoms with van der Waals surface area (Å²) in [5, 5.41) is 4.71. The predicted molar refractivity (Wildman–Crippen MR) is 170 cm³/mol. The summed E-state index contributed by atoms with van der Waals surface area (Å²) in [6.07, 6.45) is 23.7. The van der Waals surface area contributed by atoms with Gasteiger partial charge in [0.15, 0.2) is 0 Å². The van der Waals surface area contributed by atoms with Crippen LogP contribution in [0.25, 0.3) is 0 Å². The molecule has 1 fully saturated rings. The molecule has 12 heteroatoms. The summed E-state index contributed by atoms with van der Waals surface area (Å²) < 4.78 is 32.5. The molecule has 10 nitrogen and oxygen atoms in total. The first kappa shape index (κ1) is 40.9. The first-order valence-corrected chi connectivity index (χ1v) is 18.4. The number of nitrogens with one attached hydrogen (secondary N) is 1. The number of hydrogen-bond acceptors (Lipinski definition) is 8. The number of rotatable bonds is 24. The van der Waals surface area contributed by atoms with Crippen LogP contribution in [0.4, 0.5) is 4.79 Å². The Kier molecular flexibility index (Phi) is 26.8. The van der Waals surface area contributed by atoms with Crippen LogP contribution >= 0.6 is 19.2 Å². The minimum atomic E-state index is -4.12. The Balaban J connectivity index is 0.00000252. The van der Waals surface area contributed by atoms with E-state index in [1.807, 2.05) is 5.38 Å². The molecule has 2 heterocycles. The second kappa shape index (κ2) is 27.5. The van der Waals surface area contributed by atoms with Crippen LogP contribution in [0.2, 0.25) is 0 Å². The first-order valence-electron chi connectivity index (χ1n) is 15.9. The summed E-state index contributed by atoms with van der Waals surface area (Å²) in [5.41, 5.74) is 0.890. The van der Waals surface area contributed by atoms with E-state index in [1.165, 1.54) is 89.9 Å². The zero-order valence-electron chi connectivity index (χ0n) is 26.2. The largest absolute Gasteiger partial charge is 0.472 e. The summed E-state index contributed by atoms with van der Waals surface area (Å²) in [6, 6.07) is 0. The molecule has 1 aliphatic rings. The zero-order valence-corrected chi connectivity index (χ0v) is 27.9. The molecule has 1 saturated heterocycles. The van der Waals surface area contributed by atoms with Gasteiger partial charge < -0.3 is 25.2 Å². The van der Waals surface area contributed by atoms with Crippen molar-refractivity contribution in [1.82, 2.24) is 10.3 Å². The third-order valence-corrected chi connectivity index (χ3v) is 8.64. The molecule has 0 aromatic carbocycles. The molecule has 42 heavy (non-hydrogen) atoms. The lowest BCUT2D eigenvalue weighted by Crippen LogP contribution is -2.41. The molecule has 1 aromatic heterocycles. The summed E-state index contributed by atoms with van der Waals surface area (Å²) in [5.74, 6) is 0. The number of nitrogens with zero attached hydrogens (tertiary/aromatic N) is 1. The molecular formula is C30H59N2O8PS. The maximum Gasteiger partial charge on any atom is 0.472 e. The standard InChI is InChI=1S/C27H54NO7P.C3H3NS.H2O/c1-3-5-6-7-8-9-10-11-12-13-14-15-16-17-18-19-22-28-26(29)32-24-27(21-20-23-33-27)25-35-36(30,31)34-4-2;1-2-5-3-4-1;/h3-25H2,1-2H3,(H,28,29)(H,30,31);1-3H;1H2. The van der Waals surface area contributed by atoms with E-state index in [0.717, 1.165) is 19.3 Å². The fourth-order valence-corrected chi connectivity index (χ4v) is 5.86. The SMILES string of the molecule is CCCCCCCCCCCCCCCCCCNC(=O)OCC1(COP(=O)(O)OCC)CCCO1.O.c1cscn1. The molecular weight excluding hydrogens is 579 g/mol. The molecule has 0 bridgehead atoms. The van der Waals surface area contributed by atoms with Crippen LogP contribution in [0.15, 0.2) is 17.1 Å². The van der Waals surface area contributed by atoms with Crippen molar-refractivity contribution >= 4 is 25.3 Å². The molecule has 0 spiro atoms. The number of aromatic nitrogens is 1. The van der Waals surface area contributed by atoms with E-state index in [1.54, 1.807) is 30.0 Å². The van der Waals surface area contributed by atoms with Gasteiger partial charge in [0, 0.05) is 24.7 Å². The number of amides is 1. The number of carbonyl (C=O) groups is 1. The normalized spacial score (nSPS) is 17.5. The molecule has 2 atom stereocenters. The van der Waals surface area contributed by atoms with Crippen LogP contribution in [0.3, 0.4) is 0 Å². The minimum Gasteiger partial charge on any atom is -0.446 e. The monoisotopic (exact) mass is 638 g/mol. The van der Waals surface area contributed by atoms with Gasteiger partial charge in [0.05, 0.1) is 18.7 Å². The van der Waals surface area contributed by atoms with Crippen molar-refractivity contribution in [3.05, 3.63) is 17.1 Å². The summed E-state index contributed by atoms with van der Waals surface area (Å²) in [4.78, 5) is 25.4. The molecule has 1 aliphatic heterocycles. The van der Waals surface area contributed by atoms with E-state index in [4.69, 9.17) is 18.5 Å². The lowest BCUT2D eigenvalue weighted by molar-refractivity contribution is -0.0741. The highest BCUT2D eigenvalue weighted by molar-refractivity contribution is 7.47. The predicted octanol–water partition coefficient (Wildman–Crippen LogP) is 8.00. The van der Waals surface area contributed by atoms with Crippen molar-refractivity contribution in [2.24, 2.45) is 0 Å². The van der Waals surface area contributed by atoms with Crippen molar-refractivity contribution in [1.29, 1.82) is 0 Å². The quantitative estimate of drug-likeness (QED) is 0.0855. The third kappa shape index (κ3) is 23.4. The molecule has 1 amide bonds. The van der Waals surface area contributed by atoms with Crippen LogP contribution in [0, 0.1) is 0 Å². The Labute approximate surface area is 258 Å². The van der Waals surface area contributed by atoms with Gasteiger partial charge >= 0.3 is 13.9 Å². The van der Waals surface area contributed by atoms with E-state index in [2.05, 4.69) is 17.2 Å². The van der Waals surface area contributed by atoms with Gasteiger partial charge in [-0.25, -0.2) is 9.36 Å². The number of phosphoric ester groups is 1. The number of carbonyl (C=O) groups excluding carboxylic acids is 1. The molecule has 2 unspecified atom stereocenters. The van der Waals surface area contributed by atoms with E-state index in [9.17, 15) is 14.3 Å². The van der Waals surface area contributed by atoms with E-state index in [-0.39, 0.29) is 25.3 Å². The minimum absolute atomic E-state index is 0. The fraction of sp³-hybridized carbons (Fsp3) is 0.867. The Hall–Kier alpha value is -1.07. The number of hydrogen-bond donors (Lipinski definition) is 2. The molecule has 0 aliphatic carbocycles. The van der Waals surface area contributed by atoms with Crippen LogP contribution in [-0.2, 0) is 23.1 Å². The van der Waals surface area contributed by atoms with Crippen LogP contribution in [0.1, 0.15) is 129 Å². The third-order valence-electron chi connectivity index (χ3n) is 7.08. The molecule has 2 rings (SSSR count). The molecule has 1 aromatic rings. The number of phosphoric acid groups is 1. The van der Waals surface area contributed by atoms with Crippen molar-refractivity contribution in [3.8, 4) is 0 Å². The van der Waals surface area contributed by atoms with Gasteiger partial charge in [-0.05, 0) is 26.2 Å².